The molecule has 0 unspecified atom stereocenters. The van der Waals surface area contributed by atoms with Crippen molar-refractivity contribution < 1.29 is 9.50 Å². The summed E-state index contributed by atoms with van der Waals surface area (Å²) < 4.78 is 14.5. The van der Waals surface area contributed by atoms with E-state index in [1.807, 2.05) is 0 Å². The zero-order chi connectivity index (χ0) is 13.1. The van der Waals surface area contributed by atoms with Gasteiger partial charge in [0, 0.05) is 12.6 Å². The standard InChI is InChI=1S/C12H12FN3O2/c1-14-7-9-11(17)6-12(18)16(15-9)10-5-3-2-4-8(10)13/h2-6,14,17H,7H2,1H3. The largest absolute Gasteiger partial charge is 0.506 e. The lowest BCUT2D eigenvalue weighted by Crippen LogP contribution is -2.23. The smallest absolute Gasteiger partial charge is 0.275 e. The van der Waals surface area contributed by atoms with Crippen molar-refractivity contribution in [1.82, 2.24) is 15.1 Å². The van der Waals surface area contributed by atoms with Gasteiger partial charge in [0.1, 0.15) is 22.9 Å². The van der Waals surface area contributed by atoms with Crippen LogP contribution < -0.4 is 10.9 Å². The molecule has 0 spiro atoms. The van der Waals surface area contributed by atoms with E-state index in [9.17, 15) is 14.3 Å². The van der Waals surface area contributed by atoms with E-state index in [-0.39, 0.29) is 23.7 Å². The Morgan fingerprint density at radius 1 is 1.44 bits per heavy atom. The molecule has 1 heterocycles. The summed E-state index contributed by atoms with van der Waals surface area (Å²) in [6, 6.07) is 6.85. The molecule has 6 heteroatoms. The fourth-order valence-corrected chi connectivity index (χ4v) is 1.57. The zero-order valence-corrected chi connectivity index (χ0v) is 9.72. The molecule has 0 radical (unpaired) electrons. The van der Waals surface area contributed by atoms with Crippen LogP contribution in [0.2, 0.25) is 0 Å². The van der Waals surface area contributed by atoms with Gasteiger partial charge in [-0.1, -0.05) is 12.1 Å². The molecule has 18 heavy (non-hydrogen) atoms. The Kier molecular flexibility index (Phi) is 3.38. The van der Waals surface area contributed by atoms with Crippen LogP contribution in [0.1, 0.15) is 5.69 Å². The molecule has 0 bridgehead atoms. The fraction of sp³-hybridized carbons (Fsp3) is 0.167. The molecule has 0 atom stereocenters. The van der Waals surface area contributed by atoms with E-state index in [4.69, 9.17) is 0 Å². The highest BCUT2D eigenvalue weighted by molar-refractivity contribution is 5.34. The minimum Gasteiger partial charge on any atom is -0.506 e. The lowest BCUT2D eigenvalue weighted by molar-refractivity contribution is 0.453. The van der Waals surface area contributed by atoms with E-state index in [0.29, 0.717) is 0 Å². The molecule has 2 aromatic rings. The summed E-state index contributed by atoms with van der Waals surface area (Å²) in [6.45, 7) is 0.278. The van der Waals surface area contributed by atoms with Crippen LogP contribution in [0.15, 0.2) is 35.1 Å². The second-order valence-corrected chi connectivity index (χ2v) is 3.71. The number of hydrogen-bond acceptors (Lipinski definition) is 4. The molecule has 1 aromatic carbocycles. The first kappa shape index (κ1) is 12.3. The van der Waals surface area contributed by atoms with Gasteiger partial charge in [-0.3, -0.25) is 4.79 Å². The van der Waals surface area contributed by atoms with Crippen molar-refractivity contribution >= 4 is 0 Å². The first-order chi connectivity index (χ1) is 8.63. The zero-order valence-electron chi connectivity index (χ0n) is 9.72. The van der Waals surface area contributed by atoms with Crippen LogP contribution in [0.5, 0.6) is 5.75 Å². The van der Waals surface area contributed by atoms with Gasteiger partial charge in [0.2, 0.25) is 0 Å². The van der Waals surface area contributed by atoms with Crippen molar-refractivity contribution in [2.75, 3.05) is 7.05 Å². The molecule has 94 valence electrons. The van der Waals surface area contributed by atoms with Crippen LogP contribution in [-0.4, -0.2) is 21.9 Å². The Morgan fingerprint density at radius 2 is 2.17 bits per heavy atom. The number of aromatic nitrogens is 2. The molecule has 0 aliphatic rings. The average Bonchev–Trinajstić information content (AvgIpc) is 2.34. The van der Waals surface area contributed by atoms with Crippen molar-refractivity contribution in [3.8, 4) is 11.4 Å². The summed E-state index contributed by atoms with van der Waals surface area (Å²) in [6.07, 6.45) is 0. The van der Waals surface area contributed by atoms with Crippen LogP contribution in [0.25, 0.3) is 5.69 Å². The van der Waals surface area contributed by atoms with Gasteiger partial charge in [-0.15, -0.1) is 0 Å². The first-order valence-electron chi connectivity index (χ1n) is 5.35. The summed E-state index contributed by atoms with van der Waals surface area (Å²) in [7, 11) is 1.68. The van der Waals surface area contributed by atoms with E-state index >= 15 is 0 Å². The van der Waals surface area contributed by atoms with Gasteiger partial charge in [0.25, 0.3) is 5.56 Å². The van der Waals surface area contributed by atoms with Crippen molar-refractivity contribution in [1.29, 1.82) is 0 Å². The predicted octanol–water partition coefficient (Wildman–Crippen LogP) is 0.797. The quantitative estimate of drug-likeness (QED) is 0.844. The number of halogens is 1. The second kappa shape index (κ2) is 4.97. The van der Waals surface area contributed by atoms with Gasteiger partial charge in [0.15, 0.2) is 0 Å². The average molecular weight is 249 g/mol. The SMILES string of the molecule is CNCc1nn(-c2ccccc2F)c(=O)cc1O. The van der Waals surface area contributed by atoms with Crippen LogP contribution in [0.3, 0.4) is 0 Å². The Balaban J connectivity index is 2.61. The number of hydrogen-bond donors (Lipinski definition) is 2. The Hall–Kier alpha value is -2.21. The molecule has 0 aliphatic heterocycles. The number of aromatic hydroxyl groups is 1. The Bertz CT molecular complexity index is 625. The van der Waals surface area contributed by atoms with E-state index in [1.165, 1.54) is 18.2 Å². The molecule has 5 nitrogen and oxygen atoms in total. The number of rotatable bonds is 3. The Labute approximate surface area is 103 Å². The lowest BCUT2D eigenvalue weighted by Gasteiger charge is -2.09. The highest BCUT2D eigenvalue weighted by Crippen LogP contribution is 2.14. The van der Waals surface area contributed by atoms with Crippen LogP contribution >= 0.6 is 0 Å². The van der Waals surface area contributed by atoms with Crippen molar-refractivity contribution in [3.63, 3.8) is 0 Å². The summed E-state index contributed by atoms with van der Waals surface area (Å²) in [5, 5.41) is 16.3. The third-order valence-corrected chi connectivity index (χ3v) is 2.41. The van der Waals surface area contributed by atoms with E-state index in [2.05, 4.69) is 10.4 Å². The molecule has 0 fully saturated rings. The molecule has 1 aromatic heterocycles. The van der Waals surface area contributed by atoms with Gasteiger partial charge >= 0.3 is 0 Å². The third kappa shape index (κ3) is 2.23. The first-order valence-corrected chi connectivity index (χ1v) is 5.35. The summed E-state index contributed by atoms with van der Waals surface area (Å²) >= 11 is 0. The molecule has 0 amide bonds. The van der Waals surface area contributed by atoms with E-state index < -0.39 is 11.4 Å². The second-order valence-electron chi connectivity index (χ2n) is 3.71. The predicted molar refractivity (Wildman–Crippen MR) is 64.2 cm³/mol. The van der Waals surface area contributed by atoms with E-state index in [0.717, 1.165) is 10.7 Å². The summed E-state index contributed by atoms with van der Waals surface area (Å²) in [4.78, 5) is 11.7. The molecular formula is C12H12FN3O2. The maximum Gasteiger partial charge on any atom is 0.275 e. The maximum atomic E-state index is 13.6. The minimum atomic E-state index is -0.586. The molecule has 2 N–H and O–H groups in total. The van der Waals surface area contributed by atoms with Crippen molar-refractivity contribution in [2.45, 2.75) is 6.54 Å². The van der Waals surface area contributed by atoms with Gasteiger partial charge in [-0.05, 0) is 19.2 Å². The van der Waals surface area contributed by atoms with Gasteiger partial charge in [-0.25, -0.2) is 4.39 Å². The third-order valence-electron chi connectivity index (χ3n) is 2.41. The van der Waals surface area contributed by atoms with Crippen LogP contribution in [-0.2, 0) is 6.54 Å². The molecule has 2 rings (SSSR count). The lowest BCUT2D eigenvalue weighted by atomic mass is 10.3. The maximum absolute atomic E-state index is 13.6. The highest BCUT2D eigenvalue weighted by atomic mass is 19.1. The summed E-state index contributed by atoms with van der Waals surface area (Å²) in [5.74, 6) is -0.755. The van der Waals surface area contributed by atoms with Crippen LogP contribution in [0, 0.1) is 5.82 Å². The van der Waals surface area contributed by atoms with Gasteiger partial charge < -0.3 is 10.4 Å². The molecule has 0 saturated heterocycles. The number of nitrogens with one attached hydrogen (secondary N) is 1. The summed E-state index contributed by atoms with van der Waals surface area (Å²) in [5.41, 5.74) is -0.252. The molecule has 0 saturated carbocycles. The number of benzene rings is 1. The number of nitrogens with zero attached hydrogens (tertiary/aromatic N) is 2. The van der Waals surface area contributed by atoms with Crippen LogP contribution in [0.4, 0.5) is 4.39 Å². The topological polar surface area (TPSA) is 67.2 Å². The Morgan fingerprint density at radius 3 is 2.83 bits per heavy atom. The van der Waals surface area contributed by atoms with Gasteiger partial charge in [-0.2, -0.15) is 9.78 Å². The molecule has 0 aliphatic carbocycles. The molecular weight excluding hydrogens is 237 g/mol. The monoisotopic (exact) mass is 249 g/mol. The van der Waals surface area contributed by atoms with Gasteiger partial charge in [0.05, 0.1) is 0 Å². The van der Waals surface area contributed by atoms with Crippen molar-refractivity contribution in [3.05, 3.63) is 52.2 Å². The highest BCUT2D eigenvalue weighted by Gasteiger charge is 2.11. The number of para-hydroxylation sites is 1. The van der Waals surface area contributed by atoms with E-state index in [1.54, 1.807) is 13.1 Å². The fourth-order valence-electron chi connectivity index (χ4n) is 1.57. The van der Waals surface area contributed by atoms with Crippen molar-refractivity contribution in [2.24, 2.45) is 0 Å². The normalized spacial score (nSPS) is 10.6. The minimum absolute atomic E-state index is 0.0554.